The number of furan rings is 1. The van der Waals surface area contributed by atoms with Gasteiger partial charge in [0.2, 0.25) is 0 Å². The fourth-order valence-electron chi connectivity index (χ4n) is 2.25. The van der Waals surface area contributed by atoms with Gasteiger partial charge in [-0.25, -0.2) is 0 Å². The molecule has 1 aromatic rings. The summed E-state index contributed by atoms with van der Waals surface area (Å²) in [6.07, 6.45) is 3.07. The highest BCUT2D eigenvalue weighted by Crippen LogP contribution is 2.11. The maximum atomic E-state index is 5.71. The Morgan fingerprint density at radius 1 is 1.19 bits per heavy atom. The fourth-order valence-corrected chi connectivity index (χ4v) is 2.25. The molecule has 0 radical (unpaired) electrons. The van der Waals surface area contributed by atoms with Gasteiger partial charge in [0.1, 0.15) is 5.76 Å². The Labute approximate surface area is 130 Å². The van der Waals surface area contributed by atoms with E-state index in [0.717, 1.165) is 45.0 Å². The summed E-state index contributed by atoms with van der Waals surface area (Å²) in [5.41, 5.74) is 1.25. The summed E-state index contributed by atoms with van der Waals surface area (Å²) in [5, 5.41) is 3.45. The average molecular weight is 295 g/mol. The van der Waals surface area contributed by atoms with E-state index in [1.807, 2.05) is 6.26 Å². The topological polar surface area (TPSA) is 31.6 Å². The third-order valence-corrected chi connectivity index (χ3v) is 3.37. The number of rotatable bonds is 11. The highest BCUT2D eigenvalue weighted by atomic mass is 16.3. The van der Waals surface area contributed by atoms with Crippen LogP contribution in [0.3, 0.4) is 0 Å². The fraction of sp³-hybridized carbons (Fsp3) is 0.765. The standard InChI is InChI=1S/C17H33N3O/c1-6-7-20(9-8-19(4)5)13-17-10-16(14-21-17)12-18-11-15(2)3/h10,14-15,18H,6-9,11-13H2,1-5H3. The minimum atomic E-state index is 0.683. The van der Waals surface area contributed by atoms with Crippen LogP contribution in [0.25, 0.3) is 0 Å². The molecule has 21 heavy (non-hydrogen) atoms. The van der Waals surface area contributed by atoms with E-state index >= 15 is 0 Å². The molecule has 1 aromatic heterocycles. The van der Waals surface area contributed by atoms with E-state index in [9.17, 15) is 0 Å². The Morgan fingerprint density at radius 3 is 2.57 bits per heavy atom. The predicted molar refractivity (Wildman–Crippen MR) is 89.4 cm³/mol. The van der Waals surface area contributed by atoms with Gasteiger partial charge in [0.25, 0.3) is 0 Å². The summed E-state index contributed by atoms with van der Waals surface area (Å²) >= 11 is 0. The molecule has 122 valence electrons. The van der Waals surface area contributed by atoms with Crippen LogP contribution < -0.4 is 5.32 Å². The number of hydrogen-bond acceptors (Lipinski definition) is 4. The molecule has 0 saturated carbocycles. The molecular formula is C17H33N3O. The normalized spacial score (nSPS) is 12.0. The molecule has 0 spiro atoms. The van der Waals surface area contributed by atoms with Crippen LogP contribution in [0.15, 0.2) is 16.7 Å². The van der Waals surface area contributed by atoms with Crippen LogP contribution in [0.2, 0.25) is 0 Å². The Kier molecular flexibility index (Phi) is 8.66. The van der Waals surface area contributed by atoms with E-state index in [0.29, 0.717) is 5.92 Å². The van der Waals surface area contributed by atoms with Crippen molar-refractivity contribution in [2.24, 2.45) is 5.92 Å². The summed E-state index contributed by atoms with van der Waals surface area (Å²) < 4.78 is 5.71. The Bertz CT molecular complexity index is 374. The van der Waals surface area contributed by atoms with Gasteiger partial charge in [-0.15, -0.1) is 0 Å². The highest BCUT2D eigenvalue weighted by Gasteiger charge is 2.09. The molecule has 0 saturated heterocycles. The zero-order valence-corrected chi connectivity index (χ0v) is 14.5. The maximum absolute atomic E-state index is 5.71. The van der Waals surface area contributed by atoms with Crippen molar-refractivity contribution in [2.75, 3.05) is 40.3 Å². The van der Waals surface area contributed by atoms with Gasteiger partial charge >= 0.3 is 0 Å². The smallest absolute Gasteiger partial charge is 0.118 e. The van der Waals surface area contributed by atoms with Gasteiger partial charge in [-0.2, -0.15) is 0 Å². The highest BCUT2D eigenvalue weighted by molar-refractivity contribution is 5.12. The van der Waals surface area contributed by atoms with Crippen LogP contribution >= 0.6 is 0 Å². The molecule has 0 aliphatic carbocycles. The van der Waals surface area contributed by atoms with Crippen LogP contribution in [0.5, 0.6) is 0 Å². The van der Waals surface area contributed by atoms with Crippen molar-refractivity contribution in [3.63, 3.8) is 0 Å². The zero-order chi connectivity index (χ0) is 15.7. The van der Waals surface area contributed by atoms with Crippen LogP contribution in [0, 0.1) is 5.92 Å². The van der Waals surface area contributed by atoms with Crippen molar-refractivity contribution in [1.29, 1.82) is 0 Å². The summed E-state index contributed by atoms with van der Waals surface area (Å²) in [7, 11) is 4.24. The van der Waals surface area contributed by atoms with E-state index in [1.165, 1.54) is 12.0 Å². The monoisotopic (exact) mass is 295 g/mol. The first kappa shape index (κ1) is 18.2. The summed E-state index contributed by atoms with van der Waals surface area (Å²) in [4.78, 5) is 4.69. The van der Waals surface area contributed by atoms with E-state index in [-0.39, 0.29) is 0 Å². The summed E-state index contributed by atoms with van der Waals surface area (Å²) in [5.74, 6) is 1.76. The number of nitrogens with zero attached hydrogens (tertiary/aromatic N) is 2. The quantitative estimate of drug-likeness (QED) is 0.680. The van der Waals surface area contributed by atoms with Gasteiger partial charge in [0.05, 0.1) is 12.8 Å². The number of hydrogen-bond donors (Lipinski definition) is 1. The molecule has 0 amide bonds. The first-order chi connectivity index (χ1) is 10.0. The van der Waals surface area contributed by atoms with Gasteiger partial charge in [0.15, 0.2) is 0 Å². The second kappa shape index (κ2) is 9.98. The lowest BCUT2D eigenvalue weighted by Gasteiger charge is -2.22. The lowest BCUT2D eigenvalue weighted by Crippen LogP contribution is -2.31. The second-order valence-corrected chi connectivity index (χ2v) is 6.53. The second-order valence-electron chi connectivity index (χ2n) is 6.53. The van der Waals surface area contributed by atoms with Crippen molar-refractivity contribution < 1.29 is 4.42 Å². The van der Waals surface area contributed by atoms with Gasteiger partial charge in [-0.05, 0) is 45.6 Å². The van der Waals surface area contributed by atoms with Crippen molar-refractivity contribution in [2.45, 2.75) is 40.3 Å². The molecule has 0 atom stereocenters. The molecule has 0 unspecified atom stereocenters. The van der Waals surface area contributed by atoms with E-state index in [1.54, 1.807) is 0 Å². The molecule has 0 aromatic carbocycles. The molecule has 1 heterocycles. The minimum Gasteiger partial charge on any atom is -0.468 e. The molecule has 4 nitrogen and oxygen atoms in total. The van der Waals surface area contributed by atoms with Crippen LogP contribution in [-0.2, 0) is 13.1 Å². The molecule has 0 aliphatic heterocycles. The first-order valence-corrected chi connectivity index (χ1v) is 8.15. The zero-order valence-electron chi connectivity index (χ0n) is 14.5. The Hall–Kier alpha value is -0.840. The van der Waals surface area contributed by atoms with Gasteiger partial charge in [0, 0.05) is 25.2 Å². The summed E-state index contributed by atoms with van der Waals surface area (Å²) in [6.45, 7) is 12.8. The average Bonchev–Trinajstić information content (AvgIpc) is 2.83. The minimum absolute atomic E-state index is 0.683. The molecule has 0 aliphatic rings. The van der Waals surface area contributed by atoms with Crippen molar-refractivity contribution in [1.82, 2.24) is 15.1 Å². The molecule has 0 fully saturated rings. The third-order valence-electron chi connectivity index (χ3n) is 3.37. The Morgan fingerprint density at radius 2 is 1.95 bits per heavy atom. The molecular weight excluding hydrogens is 262 g/mol. The predicted octanol–water partition coefficient (Wildman–Crippen LogP) is 2.80. The van der Waals surface area contributed by atoms with Gasteiger partial charge in [-0.3, -0.25) is 4.90 Å². The largest absolute Gasteiger partial charge is 0.468 e. The summed E-state index contributed by atoms with van der Waals surface area (Å²) in [6, 6.07) is 2.19. The molecule has 1 N–H and O–H groups in total. The lowest BCUT2D eigenvalue weighted by atomic mass is 10.2. The third kappa shape index (κ3) is 8.24. The number of likely N-dealkylation sites (N-methyl/N-ethyl adjacent to an activating group) is 1. The maximum Gasteiger partial charge on any atom is 0.118 e. The van der Waals surface area contributed by atoms with Crippen LogP contribution in [-0.4, -0.2) is 50.1 Å². The van der Waals surface area contributed by atoms with E-state index in [2.05, 4.69) is 56.0 Å². The van der Waals surface area contributed by atoms with Crippen LogP contribution in [0.4, 0.5) is 0 Å². The SMILES string of the molecule is CCCN(CCN(C)C)Cc1cc(CNCC(C)C)co1. The van der Waals surface area contributed by atoms with Crippen molar-refractivity contribution in [3.8, 4) is 0 Å². The molecule has 0 bridgehead atoms. The van der Waals surface area contributed by atoms with Crippen molar-refractivity contribution in [3.05, 3.63) is 23.7 Å². The Balaban J connectivity index is 2.42. The molecule has 1 rings (SSSR count). The molecule has 4 heteroatoms. The number of nitrogens with one attached hydrogen (secondary N) is 1. The van der Waals surface area contributed by atoms with E-state index in [4.69, 9.17) is 4.42 Å². The van der Waals surface area contributed by atoms with Gasteiger partial charge in [-0.1, -0.05) is 20.8 Å². The lowest BCUT2D eigenvalue weighted by molar-refractivity contribution is 0.218. The van der Waals surface area contributed by atoms with Gasteiger partial charge < -0.3 is 14.6 Å². The van der Waals surface area contributed by atoms with Crippen LogP contribution in [0.1, 0.15) is 38.5 Å². The van der Waals surface area contributed by atoms with Crippen molar-refractivity contribution >= 4 is 0 Å². The first-order valence-electron chi connectivity index (χ1n) is 8.15. The van der Waals surface area contributed by atoms with E-state index < -0.39 is 0 Å².